The summed E-state index contributed by atoms with van der Waals surface area (Å²) in [7, 11) is -3.03. The van der Waals surface area contributed by atoms with Gasteiger partial charge in [-0.3, -0.25) is 4.79 Å². The van der Waals surface area contributed by atoms with Gasteiger partial charge in [-0.05, 0) is 50.9 Å². The lowest BCUT2D eigenvalue weighted by Crippen LogP contribution is -2.67. The van der Waals surface area contributed by atoms with Crippen molar-refractivity contribution < 1.29 is 27.5 Å². The first-order chi connectivity index (χ1) is 16.2. The van der Waals surface area contributed by atoms with Crippen molar-refractivity contribution in [3.63, 3.8) is 0 Å². The van der Waals surface area contributed by atoms with Crippen LogP contribution in [0.25, 0.3) is 0 Å². The van der Waals surface area contributed by atoms with E-state index >= 15 is 0 Å². The molecule has 4 rings (SSSR count). The van der Waals surface area contributed by atoms with E-state index in [4.69, 9.17) is 9.47 Å². The molecule has 8 nitrogen and oxygen atoms in total. The molecule has 2 aliphatic heterocycles. The molecule has 2 saturated carbocycles. The predicted molar refractivity (Wildman–Crippen MR) is 129 cm³/mol. The molecule has 0 spiro atoms. The number of rotatable bonds is 4. The molecule has 4 aliphatic rings. The van der Waals surface area contributed by atoms with Gasteiger partial charge in [-0.25, -0.2) is 13.2 Å². The number of hydrogen-bond acceptors (Lipinski definition) is 6. The normalized spacial score (nSPS) is 35.5. The first kappa shape index (κ1) is 25.7. The van der Waals surface area contributed by atoms with E-state index < -0.39 is 9.84 Å². The number of carbonyl (C=O) groups excluding carboxylic acids is 2. The van der Waals surface area contributed by atoms with E-state index in [0.29, 0.717) is 31.6 Å². The SMILES string of the molecule is CCS(=O)(=O)C1CCCC(C2CCC3C(C2)N(C(=O)OC2CCOCC2)C[C@H](C)N3C(C)=O)C1. The first-order valence-corrected chi connectivity index (χ1v) is 15.0. The average Bonchev–Trinajstić information content (AvgIpc) is 2.83. The minimum absolute atomic E-state index is 0.00139. The zero-order valence-corrected chi connectivity index (χ0v) is 21.8. The quantitative estimate of drug-likeness (QED) is 0.590. The highest BCUT2D eigenvalue weighted by molar-refractivity contribution is 7.92. The van der Waals surface area contributed by atoms with Crippen LogP contribution in [0.3, 0.4) is 0 Å². The second-order valence-electron chi connectivity index (χ2n) is 10.8. The van der Waals surface area contributed by atoms with Gasteiger partial charge in [0, 0.05) is 38.1 Å². The summed E-state index contributed by atoms with van der Waals surface area (Å²) >= 11 is 0. The molecule has 0 aromatic carbocycles. The molecule has 0 N–H and O–H groups in total. The topological polar surface area (TPSA) is 93.2 Å². The molecule has 194 valence electrons. The van der Waals surface area contributed by atoms with Gasteiger partial charge in [0.1, 0.15) is 6.10 Å². The number of ether oxygens (including phenoxy) is 2. The van der Waals surface area contributed by atoms with Crippen LogP contribution in [-0.4, -0.2) is 85.2 Å². The molecular formula is C25H42N2O6S. The summed E-state index contributed by atoms with van der Waals surface area (Å²) in [5, 5.41) is -0.233. The Hall–Kier alpha value is -1.35. The fourth-order valence-corrected chi connectivity index (χ4v) is 8.55. The van der Waals surface area contributed by atoms with Gasteiger partial charge in [-0.2, -0.15) is 0 Å². The van der Waals surface area contributed by atoms with Crippen LogP contribution >= 0.6 is 0 Å². The molecule has 5 unspecified atom stereocenters. The van der Waals surface area contributed by atoms with Crippen LogP contribution < -0.4 is 0 Å². The summed E-state index contributed by atoms with van der Waals surface area (Å²) in [6.07, 6.45) is 7.21. The van der Waals surface area contributed by atoms with Gasteiger partial charge in [-0.1, -0.05) is 19.8 Å². The molecule has 2 aliphatic carbocycles. The van der Waals surface area contributed by atoms with E-state index in [9.17, 15) is 18.0 Å². The van der Waals surface area contributed by atoms with Crippen LogP contribution in [0.15, 0.2) is 0 Å². The molecule has 0 bridgehead atoms. The Labute approximate surface area is 204 Å². The third-order valence-electron chi connectivity index (χ3n) is 8.79. The van der Waals surface area contributed by atoms with Crippen LogP contribution in [-0.2, 0) is 24.1 Å². The van der Waals surface area contributed by atoms with Crippen molar-refractivity contribution in [2.45, 2.75) is 108 Å². The molecule has 0 aromatic rings. The number of amides is 2. The summed E-state index contributed by atoms with van der Waals surface area (Å²) < 4.78 is 36.5. The lowest BCUT2D eigenvalue weighted by atomic mass is 9.69. The molecule has 6 atom stereocenters. The molecule has 9 heteroatoms. The Morgan fingerprint density at radius 2 is 1.68 bits per heavy atom. The minimum Gasteiger partial charge on any atom is -0.446 e. The van der Waals surface area contributed by atoms with E-state index in [0.717, 1.165) is 57.8 Å². The molecular weight excluding hydrogens is 456 g/mol. The van der Waals surface area contributed by atoms with Crippen molar-refractivity contribution in [2.24, 2.45) is 11.8 Å². The molecule has 2 saturated heterocycles. The van der Waals surface area contributed by atoms with Gasteiger partial charge < -0.3 is 19.3 Å². The zero-order chi connectivity index (χ0) is 24.5. The van der Waals surface area contributed by atoms with Gasteiger partial charge in [0.05, 0.1) is 30.5 Å². The zero-order valence-electron chi connectivity index (χ0n) is 21.0. The average molecular weight is 499 g/mol. The van der Waals surface area contributed by atoms with E-state index in [1.54, 1.807) is 13.8 Å². The Morgan fingerprint density at radius 3 is 2.35 bits per heavy atom. The summed E-state index contributed by atoms with van der Waals surface area (Å²) in [5.74, 6) is 0.998. The van der Waals surface area contributed by atoms with E-state index in [2.05, 4.69) is 0 Å². The number of carbonyl (C=O) groups is 2. The minimum atomic E-state index is -3.03. The second kappa shape index (κ2) is 10.7. The van der Waals surface area contributed by atoms with Crippen LogP contribution in [0.5, 0.6) is 0 Å². The van der Waals surface area contributed by atoms with Crippen molar-refractivity contribution in [2.75, 3.05) is 25.5 Å². The van der Waals surface area contributed by atoms with Crippen LogP contribution in [0.4, 0.5) is 4.79 Å². The summed E-state index contributed by atoms with van der Waals surface area (Å²) in [6.45, 7) is 7.09. The lowest BCUT2D eigenvalue weighted by molar-refractivity contribution is -0.143. The summed E-state index contributed by atoms with van der Waals surface area (Å²) in [5.41, 5.74) is 0. The van der Waals surface area contributed by atoms with E-state index in [-0.39, 0.29) is 47.2 Å². The largest absolute Gasteiger partial charge is 0.446 e. The van der Waals surface area contributed by atoms with Gasteiger partial charge in [0.2, 0.25) is 5.91 Å². The summed E-state index contributed by atoms with van der Waals surface area (Å²) in [4.78, 5) is 29.7. The van der Waals surface area contributed by atoms with E-state index in [1.165, 1.54) is 0 Å². The highest BCUT2D eigenvalue weighted by Crippen LogP contribution is 2.44. The Morgan fingerprint density at radius 1 is 0.971 bits per heavy atom. The summed E-state index contributed by atoms with van der Waals surface area (Å²) in [6, 6.07) is -0.126. The number of sulfone groups is 1. The molecule has 4 fully saturated rings. The van der Waals surface area contributed by atoms with Crippen LogP contribution in [0, 0.1) is 11.8 Å². The second-order valence-corrected chi connectivity index (χ2v) is 13.4. The van der Waals surface area contributed by atoms with Gasteiger partial charge in [-0.15, -0.1) is 0 Å². The van der Waals surface area contributed by atoms with Gasteiger partial charge in [0.15, 0.2) is 9.84 Å². The van der Waals surface area contributed by atoms with Crippen molar-refractivity contribution >= 4 is 21.8 Å². The number of hydrogen-bond donors (Lipinski definition) is 0. The van der Waals surface area contributed by atoms with Gasteiger partial charge >= 0.3 is 6.09 Å². The van der Waals surface area contributed by atoms with E-state index in [1.807, 2.05) is 16.7 Å². The maximum atomic E-state index is 13.3. The fourth-order valence-electron chi connectivity index (χ4n) is 7.01. The standard InChI is InChI=1S/C25H42N2O6S/c1-4-34(30,31)22-7-5-6-19(14-22)20-8-9-23-24(15-20)26(16-17(2)27(23)18(3)28)25(29)33-21-10-12-32-13-11-21/h17,19-24H,4-16H2,1-3H3/t17-,19?,20?,22?,23?,24?/m0/s1. The first-order valence-electron chi connectivity index (χ1n) is 13.3. The van der Waals surface area contributed by atoms with Crippen molar-refractivity contribution in [1.82, 2.24) is 9.80 Å². The molecule has 0 aromatic heterocycles. The van der Waals surface area contributed by atoms with Crippen molar-refractivity contribution in [3.8, 4) is 0 Å². The fraction of sp³-hybridized carbons (Fsp3) is 0.920. The number of nitrogens with zero attached hydrogens (tertiary/aromatic N) is 2. The van der Waals surface area contributed by atoms with Crippen LogP contribution in [0.2, 0.25) is 0 Å². The highest BCUT2D eigenvalue weighted by Gasteiger charge is 2.48. The van der Waals surface area contributed by atoms with Crippen LogP contribution in [0.1, 0.15) is 78.6 Å². The molecule has 0 radical (unpaired) electrons. The number of fused-ring (bicyclic) bond motifs is 1. The smallest absolute Gasteiger partial charge is 0.410 e. The molecule has 2 amide bonds. The number of piperazine rings is 1. The van der Waals surface area contributed by atoms with Crippen molar-refractivity contribution in [1.29, 1.82) is 0 Å². The predicted octanol–water partition coefficient (Wildman–Crippen LogP) is 3.39. The molecule has 34 heavy (non-hydrogen) atoms. The lowest BCUT2D eigenvalue weighted by Gasteiger charge is -2.54. The maximum absolute atomic E-state index is 13.3. The Balaban J connectivity index is 1.50. The maximum Gasteiger partial charge on any atom is 0.410 e. The van der Waals surface area contributed by atoms with Crippen molar-refractivity contribution in [3.05, 3.63) is 0 Å². The third-order valence-corrected chi connectivity index (χ3v) is 11.0. The van der Waals surface area contributed by atoms with Gasteiger partial charge in [0.25, 0.3) is 0 Å². The third kappa shape index (κ3) is 5.40. The Bertz CT molecular complexity index is 842. The Kier molecular flexibility index (Phi) is 8.12. The highest BCUT2D eigenvalue weighted by atomic mass is 32.2. The monoisotopic (exact) mass is 498 g/mol. The molecule has 2 heterocycles.